The van der Waals surface area contributed by atoms with E-state index in [1.54, 1.807) is 18.2 Å². The van der Waals surface area contributed by atoms with Gasteiger partial charge in [0.1, 0.15) is 54.8 Å². The lowest BCUT2D eigenvalue weighted by atomic mass is 9.97. The summed E-state index contributed by atoms with van der Waals surface area (Å²) in [5, 5.41) is 66.5. The molecule has 13 heteroatoms. The van der Waals surface area contributed by atoms with Crippen molar-refractivity contribution >= 4 is 5.97 Å². The Labute approximate surface area is 209 Å². The van der Waals surface area contributed by atoms with Crippen LogP contribution in [-0.4, -0.2) is 97.3 Å². The van der Waals surface area contributed by atoms with Gasteiger partial charge in [0.15, 0.2) is 17.2 Å². The molecular weight excluding hydrogens is 492 g/mol. The first-order chi connectivity index (χ1) is 17.8. The van der Waals surface area contributed by atoms with Gasteiger partial charge in [-0.2, -0.15) is 5.10 Å². The summed E-state index contributed by atoms with van der Waals surface area (Å²) in [5.74, 6) is -0.593. The maximum absolute atomic E-state index is 11.9. The monoisotopic (exact) mass is 516 g/mol. The van der Waals surface area contributed by atoms with Gasteiger partial charge in [-0.15, -0.1) is 0 Å². The minimum absolute atomic E-state index is 0.0282. The first-order valence-corrected chi connectivity index (χ1v) is 11.3. The third kappa shape index (κ3) is 4.54. The van der Waals surface area contributed by atoms with Gasteiger partial charge in [0, 0.05) is 17.2 Å². The highest BCUT2D eigenvalue weighted by atomic mass is 16.7. The van der Waals surface area contributed by atoms with E-state index in [-0.39, 0.29) is 34.0 Å². The van der Waals surface area contributed by atoms with E-state index in [4.69, 9.17) is 18.9 Å². The van der Waals surface area contributed by atoms with Gasteiger partial charge in [-0.3, -0.25) is 5.10 Å². The van der Waals surface area contributed by atoms with Crippen LogP contribution in [0.1, 0.15) is 10.5 Å². The van der Waals surface area contributed by atoms with E-state index in [9.17, 15) is 35.4 Å². The quantitative estimate of drug-likeness (QED) is 0.233. The summed E-state index contributed by atoms with van der Waals surface area (Å²) in [6.45, 7) is 0.120. The number of nitrogens with one attached hydrogen (secondary N) is 1. The number of ether oxygens (including phenoxy) is 4. The number of hydrogen-bond donors (Lipinski definition) is 7. The number of carbonyl (C=O) groups is 1. The molecular formula is C24H24N2O11. The number of aromatic carboxylic acids is 1. The number of H-pyrrole nitrogens is 1. The van der Waals surface area contributed by atoms with Gasteiger partial charge in [-0.1, -0.05) is 6.07 Å². The summed E-state index contributed by atoms with van der Waals surface area (Å²) >= 11 is 0. The summed E-state index contributed by atoms with van der Waals surface area (Å²) < 4.78 is 22.0. The molecule has 3 aromatic rings. The first-order valence-electron chi connectivity index (χ1n) is 11.3. The number of aliphatic hydroxyl groups is 4. The number of phenolic OH excluding ortho intramolecular Hbond substituents is 1. The smallest absolute Gasteiger partial charge is 0.354 e. The number of aliphatic hydroxyl groups excluding tert-OH is 4. The van der Waals surface area contributed by atoms with Crippen LogP contribution in [0.4, 0.5) is 0 Å². The molecule has 2 aliphatic rings. The normalized spacial score (nSPS) is 25.0. The van der Waals surface area contributed by atoms with E-state index in [1.807, 2.05) is 0 Å². The molecule has 0 amide bonds. The van der Waals surface area contributed by atoms with Gasteiger partial charge >= 0.3 is 5.97 Å². The predicted octanol–water partition coefficient (Wildman–Crippen LogP) is 0.0974. The number of benzene rings is 2. The van der Waals surface area contributed by atoms with E-state index >= 15 is 0 Å². The fourth-order valence-electron chi connectivity index (χ4n) is 4.26. The average Bonchev–Trinajstić information content (AvgIpc) is 3.34. The topological polar surface area (TPSA) is 204 Å². The van der Waals surface area contributed by atoms with Crippen LogP contribution in [0.5, 0.6) is 23.0 Å². The largest absolute Gasteiger partial charge is 0.507 e. The molecule has 3 heterocycles. The molecule has 1 saturated heterocycles. The summed E-state index contributed by atoms with van der Waals surface area (Å²) in [6, 6.07) is 8.98. The number of carboxylic acids is 1. The van der Waals surface area contributed by atoms with Gasteiger partial charge in [0.25, 0.3) is 0 Å². The summed E-state index contributed by atoms with van der Waals surface area (Å²) in [7, 11) is 0. The van der Waals surface area contributed by atoms with Crippen LogP contribution < -0.4 is 14.2 Å². The molecule has 13 nitrogen and oxygen atoms in total. The van der Waals surface area contributed by atoms with Crippen LogP contribution in [0.15, 0.2) is 36.4 Å². The standard InChI is InChI=1S/C24H24N2O11/c27-9-16-20(29)21(30)22(31)24(37-16)36-11-2-3-12(13(28)8-11)18-17(19(23(32)33)26-25-18)10-1-4-14-15(7-10)35-6-5-34-14/h1-4,7-8,16,20-22,24,27-31H,5-6,9H2,(H,25,26)(H,32,33)/t16-,20+,21+,22-,24-/m0/s1. The van der Waals surface area contributed by atoms with Gasteiger partial charge in [-0.25, -0.2) is 4.79 Å². The Kier molecular flexibility index (Phi) is 6.62. The van der Waals surface area contributed by atoms with Gasteiger partial charge in [-0.05, 0) is 29.8 Å². The molecule has 7 N–H and O–H groups in total. The van der Waals surface area contributed by atoms with Crippen molar-refractivity contribution in [3.05, 3.63) is 42.1 Å². The van der Waals surface area contributed by atoms with Crippen molar-refractivity contribution in [1.29, 1.82) is 0 Å². The Balaban J connectivity index is 1.47. The molecule has 2 aliphatic heterocycles. The van der Waals surface area contributed by atoms with Crippen molar-refractivity contribution in [2.45, 2.75) is 30.7 Å². The SMILES string of the molecule is O=C(O)c1[nH]nc(-c2ccc(O[C@H]3O[C@@H](CO)[C@@H](O)[C@@H](O)[C@@H]3O)cc2O)c1-c1ccc2c(c1)OCCO2. The molecule has 5 atom stereocenters. The van der Waals surface area contributed by atoms with Crippen LogP contribution in [0.25, 0.3) is 22.4 Å². The van der Waals surface area contributed by atoms with Crippen molar-refractivity contribution in [2.75, 3.05) is 19.8 Å². The molecule has 1 aromatic heterocycles. The lowest BCUT2D eigenvalue weighted by Crippen LogP contribution is -2.60. The Morgan fingerprint density at radius 1 is 1.03 bits per heavy atom. The summed E-state index contributed by atoms with van der Waals surface area (Å²) in [6.07, 6.45) is -7.42. The number of rotatable bonds is 6. The van der Waals surface area contributed by atoms with Gasteiger partial charge < -0.3 is 49.6 Å². The summed E-state index contributed by atoms with van der Waals surface area (Å²) in [5.41, 5.74) is 0.794. The highest BCUT2D eigenvalue weighted by molar-refractivity contribution is 5.99. The van der Waals surface area contributed by atoms with Crippen LogP contribution in [0.2, 0.25) is 0 Å². The number of fused-ring (bicyclic) bond motifs is 1. The van der Waals surface area contributed by atoms with Gasteiger partial charge in [0.2, 0.25) is 6.29 Å². The maximum atomic E-state index is 11.9. The van der Waals surface area contributed by atoms with E-state index < -0.39 is 43.3 Å². The highest BCUT2D eigenvalue weighted by Gasteiger charge is 2.44. The van der Waals surface area contributed by atoms with E-state index in [0.29, 0.717) is 30.3 Å². The van der Waals surface area contributed by atoms with E-state index in [2.05, 4.69) is 10.2 Å². The lowest BCUT2D eigenvalue weighted by molar-refractivity contribution is -0.277. The van der Waals surface area contributed by atoms with Crippen LogP contribution in [-0.2, 0) is 4.74 Å². The number of carboxylic acid groups (broad SMARTS) is 1. The molecule has 0 bridgehead atoms. The molecule has 2 aromatic carbocycles. The second kappa shape index (κ2) is 9.88. The van der Waals surface area contributed by atoms with Gasteiger partial charge in [0.05, 0.1) is 6.61 Å². The predicted molar refractivity (Wildman–Crippen MR) is 123 cm³/mol. The number of hydrogen-bond acceptors (Lipinski definition) is 11. The van der Waals surface area contributed by atoms with Crippen LogP contribution in [0.3, 0.4) is 0 Å². The molecule has 0 saturated carbocycles. The van der Waals surface area contributed by atoms with Crippen molar-refractivity contribution in [3.63, 3.8) is 0 Å². The number of aromatic nitrogens is 2. The third-order valence-corrected chi connectivity index (χ3v) is 6.14. The Morgan fingerprint density at radius 3 is 2.49 bits per heavy atom. The Bertz CT molecular complexity index is 1310. The molecule has 196 valence electrons. The Hall–Kier alpha value is -3.88. The Morgan fingerprint density at radius 2 is 1.78 bits per heavy atom. The zero-order valence-corrected chi connectivity index (χ0v) is 19.1. The number of phenols is 1. The fourth-order valence-corrected chi connectivity index (χ4v) is 4.26. The number of aromatic hydroxyl groups is 1. The molecule has 0 unspecified atom stereocenters. The lowest BCUT2D eigenvalue weighted by Gasteiger charge is -2.39. The van der Waals surface area contributed by atoms with Crippen molar-refractivity contribution in [2.24, 2.45) is 0 Å². The molecule has 37 heavy (non-hydrogen) atoms. The second-order valence-electron chi connectivity index (χ2n) is 8.48. The van der Waals surface area contributed by atoms with Crippen molar-refractivity contribution in [1.82, 2.24) is 10.2 Å². The number of nitrogens with zero attached hydrogens (tertiary/aromatic N) is 1. The van der Waals surface area contributed by atoms with Crippen molar-refractivity contribution in [3.8, 4) is 45.4 Å². The van der Waals surface area contributed by atoms with Crippen LogP contribution >= 0.6 is 0 Å². The van der Waals surface area contributed by atoms with Crippen LogP contribution in [0, 0.1) is 0 Å². The molecule has 0 spiro atoms. The first kappa shape index (κ1) is 24.8. The minimum Gasteiger partial charge on any atom is -0.507 e. The zero-order chi connectivity index (χ0) is 26.3. The summed E-state index contributed by atoms with van der Waals surface area (Å²) in [4.78, 5) is 11.9. The van der Waals surface area contributed by atoms with Crippen molar-refractivity contribution < 1.29 is 54.4 Å². The highest BCUT2D eigenvalue weighted by Crippen LogP contribution is 2.42. The fraction of sp³-hybridized carbons (Fsp3) is 0.333. The third-order valence-electron chi connectivity index (χ3n) is 6.14. The maximum Gasteiger partial charge on any atom is 0.354 e. The minimum atomic E-state index is -1.63. The zero-order valence-electron chi connectivity index (χ0n) is 19.1. The van der Waals surface area contributed by atoms with E-state index in [1.165, 1.54) is 18.2 Å². The average molecular weight is 516 g/mol. The molecule has 0 aliphatic carbocycles. The molecule has 0 radical (unpaired) electrons. The molecule has 1 fully saturated rings. The number of aromatic amines is 1. The molecule has 5 rings (SSSR count). The second-order valence-corrected chi connectivity index (χ2v) is 8.48. The van der Waals surface area contributed by atoms with E-state index in [0.717, 1.165) is 0 Å².